The van der Waals surface area contributed by atoms with Crippen LogP contribution >= 0.6 is 0 Å². The summed E-state index contributed by atoms with van der Waals surface area (Å²) < 4.78 is 6.13. The van der Waals surface area contributed by atoms with Crippen molar-refractivity contribution >= 4 is 5.97 Å². The molecule has 0 aliphatic carbocycles. The monoisotopic (exact) mass is 156 g/mol. The molecule has 0 fully saturated rings. The zero-order valence-electron chi connectivity index (χ0n) is 6.02. The van der Waals surface area contributed by atoms with E-state index in [1.807, 2.05) is 0 Å². The van der Waals surface area contributed by atoms with Crippen molar-refractivity contribution in [3.05, 3.63) is 18.0 Å². The summed E-state index contributed by atoms with van der Waals surface area (Å²) in [6.07, 6.45) is 2.69. The average molecular weight is 156 g/mol. The molecule has 1 rings (SSSR count). The summed E-state index contributed by atoms with van der Waals surface area (Å²) in [4.78, 5) is 10.3. The molecule has 0 aliphatic heterocycles. The number of ether oxygens (including phenoxy) is 1. The van der Waals surface area contributed by atoms with Crippen LogP contribution in [0.15, 0.2) is 12.4 Å². The van der Waals surface area contributed by atoms with Crippen LogP contribution in [0.3, 0.4) is 0 Å². The average Bonchev–Trinajstić information content (AvgIpc) is 2.37. The molecule has 0 bridgehead atoms. The topological polar surface area (TPSA) is 64.3 Å². The molecule has 5 heteroatoms. The Morgan fingerprint density at radius 1 is 1.91 bits per heavy atom. The standard InChI is InChI=1S/C6H8N2O3/c1-11-4-8-3-5(2-7-8)6(9)10/h2-3H,4H2,1H3,(H,9,10). The van der Waals surface area contributed by atoms with Crippen LogP contribution in [0.5, 0.6) is 0 Å². The molecule has 0 unspecified atom stereocenters. The molecule has 11 heavy (non-hydrogen) atoms. The first kappa shape index (κ1) is 7.74. The maximum absolute atomic E-state index is 10.3. The van der Waals surface area contributed by atoms with Crippen LogP contribution < -0.4 is 0 Å². The van der Waals surface area contributed by atoms with Gasteiger partial charge in [-0.05, 0) is 0 Å². The molecule has 0 saturated heterocycles. The van der Waals surface area contributed by atoms with Gasteiger partial charge in [-0.1, -0.05) is 0 Å². The van der Waals surface area contributed by atoms with Gasteiger partial charge in [-0.15, -0.1) is 0 Å². The lowest BCUT2D eigenvalue weighted by atomic mass is 10.4. The first-order chi connectivity index (χ1) is 5.24. The second-order valence-corrected chi connectivity index (χ2v) is 1.99. The number of methoxy groups -OCH3 is 1. The highest BCUT2D eigenvalue weighted by molar-refractivity contribution is 5.86. The van der Waals surface area contributed by atoms with Gasteiger partial charge in [-0.3, -0.25) is 0 Å². The Labute approximate surface area is 63.2 Å². The van der Waals surface area contributed by atoms with Gasteiger partial charge in [0.1, 0.15) is 6.73 Å². The van der Waals surface area contributed by atoms with Crippen molar-refractivity contribution in [2.45, 2.75) is 6.73 Å². The Balaban J connectivity index is 2.73. The summed E-state index contributed by atoms with van der Waals surface area (Å²) in [5, 5.41) is 12.2. The maximum Gasteiger partial charge on any atom is 0.338 e. The van der Waals surface area contributed by atoms with Gasteiger partial charge in [0.2, 0.25) is 0 Å². The second kappa shape index (κ2) is 3.16. The third kappa shape index (κ3) is 1.78. The Morgan fingerprint density at radius 2 is 2.64 bits per heavy atom. The Hall–Kier alpha value is -1.36. The third-order valence-electron chi connectivity index (χ3n) is 1.14. The summed E-state index contributed by atoms with van der Waals surface area (Å²) in [5.74, 6) is -0.979. The number of nitrogens with zero attached hydrogens (tertiary/aromatic N) is 2. The molecule has 1 aromatic heterocycles. The van der Waals surface area contributed by atoms with Gasteiger partial charge in [-0.25, -0.2) is 9.48 Å². The number of aromatic nitrogens is 2. The quantitative estimate of drug-likeness (QED) is 0.678. The molecule has 0 saturated carbocycles. The molecular formula is C6H8N2O3. The number of carboxylic acid groups (broad SMARTS) is 1. The van der Waals surface area contributed by atoms with E-state index < -0.39 is 5.97 Å². The highest BCUT2D eigenvalue weighted by atomic mass is 16.5. The number of aromatic carboxylic acids is 1. The molecule has 0 atom stereocenters. The number of carbonyl (C=O) groups is 1. The maximum atomic E-state index is 10.3. The van der Waals surface area contributed by atoms with Crippen LogP contribution in [0.2, 0.25) is 0 Å². The predicted octanol–water partition coefficient (Wildman–Crippen LogP) is 0.185. The Morgan fingerprint density at radius 3 is 3.09 bits per heavy atom. The molecule has 0 spiro atoms. The van der Waals surface area contributed by atoms with Gasteiger partial charge >= 0.3 is 5.97 Å². The molecule has 1 N–H and O–H groups in total. The van der Waals surface area contributed by atoms with Gasteiger partial charge in [0.05, 0.1) is 11.8 Å². The van der Waals surface area contributed by atoms with E-state index in [2.05, 4.69) is 5.10 Å². The minimum atomic E-state index is -0.979. The first-order valence-electron chi connectivity index (χ1n) is 2.98. The summed E-state index contributed by atoms with van der Waals surface area (Å²) in [7, 11) is 1.52. The van der Waals surface area contributed by atoms with Gasteiger partial charge < -0.3 is 9.84 Å². The SMILES string of the molecule is COCn1cc(C(=O)O)cn1. The van der Waals surface area contributed by atoms with Crippen LogP contribution in [0.1, 0.15) is 10.4 Å². The molecule has 0 amide bonds. The fourth-order valence-electron chi connectivity index (χ4n) is 0.677. The van der Waals surface area contributed by atoms with Crippen molar-refractivity contribution in [2.75, 3.05) is 7.11 Å². The van der Waals surface area contributed by atoms with Crippen molar-refractivity contribution in [1.82, 2.24) is 9.78 Å². The van der Waals surface area contributed by atoms with Gasteiger partial charge in [-0.2, -0.15) is 5.10 Å². The van der Waals surface area contributed by atoms with Gasteiger partial charge in [0, 0.05) is 13.3 Å². The number of carboxylic acids is 1. The fraction of sp³-hybridized carbons (Fsp3) is 0.333. The van der Waals surface area contributed by atoms with Crippen LogP contribution in [-0.2, 0) is 11.5 Å². The fourth-order valence-corrected chi connectivity index (χ4v) is 0.677. The van der Waals surface area contributed by atoms with Crippen molar-refractivity contribution in [3.8, 4) is 0 Å². The van der Waals surface area contributed by atoms with E-state index in [-0.39, 0.29) is 12.3 Å². The number of hydrogen-bond acceptors (Lipinski definition) is 3. The lowest BCUT2D eigenvalue weighted by Gasteiger charge is -1.95. The number of hydrogen-bond donors (Lipinski definition) is 1. The summed E-state index contributed by atoms with van der Waals surface area (Å²) in [6, 6.07) is 0. The van der Waals surface area contributed by atoms with Crippen molar-refractivity contribution in [1.29, 1.82) is 0 Å². The van der Waals surface area contributed by atoms with Gasteiger partial charge in [0.25, 0.3) is 0 Å². The third-order valence-corrected chi connectivity index (χ3v) is 1.14. The summed E-state index contributed by atoms with van der Waals surface area (Å²) in [5.41, 5.74) is 0.169. The highest BCUT2D eigenvalue weighted by Crippen LogP contribution is 1.96. The summed E-state index contributed by atoms with van der Waals surface area (Å²) >= 11 is 0. The van der Waals surface area contributed by atoms with Crippen molar-refractivity contribution < 1.29 is 14.6 Å². The minimum Gasteiger partial charge on any atom is -0.478 e. The Bertz CT molecular complexity index is 256. The molecule has 0 radical (unpaired) electrons. The predicted molar refractivity (Wildman–Crippen MR) is 36.2 cm³/mol. The zero-order valence-corrected chi connectivity index (χ0v) is 6.02. The second-order valence-electron chi connectivity index (χ2n) is 1.99. The lowest BCUT2D eigenvalue weighted by Crippen LogP contribution is -1.99. The normalized spacial score (nSPS) is 9.91. The number of rotatable bonds is 3. The minimum absolute atomic E-state index is 0.169. The van der Waals surface area contributed by atoms with E-state index in [0.29, 0.717) is 0 Å². The van der Waals surface area contributed by atoms with Crippen LogP contribution in [0.25, 0.3) is 0 Å². The van der Waals surface area contributed by atoms with Crippen LogP contribution in [-0.4, -0.2) is 28.0 Å². The van der Waals surface area contributed by atoms with E-state index in [1.165, 1.54) is 24.2 Å². The molecular weight excluding hydrogens is 148 g/mol. The van der Waals surface area contributed by atoms with Gasteiger partial charge in [0.15, 0.2) is 0 Å². The van der Waals surface area contributed by atoms with E-state index in [4.69, 9.17) is 9.84 Å². The van der Waals surface area contributed by atoms with Crippen LogP contribution in [0.4, 0.5) is 0 Å². The van der Waals surface area contributed by atoms with E-state index in [0.717, 1.165) is 0 Å². The molecule has 5 nitrogen and oxygen atoms in total. The van der Waals surface area contributed by atoms with E-state index in [1.54, 1.807) is 0 Å². The molecule has 1 aromatic rings. The smallest absolute Gasteiger partial charge is 0.338 e. The first-order valence-corrected chi connectivity index (χ1v) is 2.98. The van der Waals surface area contributed by atoms with Crippen LogP contribution in [0, 0.1) is 0 Å². The molecule has 0 aromatic carbocycles. The highest BCUT2D eigenvalue weighted by Gasteiger charge is 2.04. The van der Waals surface area contributed by atoms with E-state index in [9.17, 15) is 4.79 Å². The van der Waals surface area contributed by atoms with Crippen molar-refractivity contribution in [3.63, 3.8) is 0 Å². The molecule has 1 heterocycles. The zero-order chi connectivity index (χ0) is 8.27. The largest absolute Gasteiger partial charge is 0.478 e. The van der Waals surface area contributed by atoms with Crippen molar-refractivity contribution in [2.24, 2.45) is 0 Å². The lowest BCUT2D eigenvalue weighted by molar-refractivity contribution is 0.0696. The van der Waals surface area contributed by atoms with E-state index >= 15 is 0 Å². The molecule has 60 valence electrons. The Kier molecular flexibility index (Phi) is 2.22. The molecule has 0 aliphatic rings. The summed E-state index contributed by atoms with van der Waals surface area (Å²) in [6.45, 7) is 0.271.